The first-order chi connectivity index (χ1) is 9.20. The van der Waals surface area contributed by atoms with Crippen LogP contribution >= 0.6 is 0 Å². The van der Waals surface area contributed by atoms with E-state index < -0.39 is 0 Å². The van der Waals surface area contributed by atoms with Crippen LogP contribution in [0.4, 0.5) is 0 Å². The molecular formula is C17H25NO. The maximum absolute atomic E-state index is 5.34. The standard InChI is InChI=1S/C17H25NO/c1-17(9-4-10-17)12-18-16-6-3-5-13-11-14(19-2)7-8-15(13)16/h7-8,11,16,18H,3-6,9-10,12H2,1-2H3. The van der Waals surface area contributed by atoms with E-state index in [-0.39, 0.29) is 0 Å². The molecule has 1 N–H and O–H groups in total. The lowest BCUT2D eigenvalue weighted by Gasteiger charge is -2.40. The van der Waals surface area contributed by atoms with E-state index in [9.17, 15) is 0 Å². The summed E-state index contributed by atoms with van der Waals surface area (Å²) >= 11 is 0. The van der Waals surface area contributed by atoms with Crippen LogP contribution in [0.3, 0.4) is 0 Å². The minimum absolute atomic E-state index is 0.548. The highest BCUT2D eigenvalue weighted by molar-refractivity contribution is 5.39. The molecule has 0 heterocycles. The molecule has 0 aromatic heterocycles. The van der Waals surface area contributed by atoms with E-state index in [1.807, 2.05) is 0 Å². The normalized spacial score (nSPS) is 24.4. The van der Waals surface area contributed by atoms with Crippen molar-refractivity contribution in [1.29, 1.82) is 0 Å². The monoisotopic (exact) mass is 259 g/mol. The fourth-order valence-corrected chi connectivity index (χ4v) is 3.46. The number of hydrogen-bond donors (Lipinski definition) is 1. The van der Waals surface area contributed by atoms with Crippen molar-refractivity contribution in [2.75, 3.05) is 13.7 Å². The molecule has 2 aliphatic carbocycles. The maximum atomic E-state index is 5.34. The van der Waals surface area contributed by atoms with Crippen LogP contribution in [-0.2, 0) is 6.42 Å². The minimum Gasteiger partial charge on any atom is -0.497 e. The number of ether oxygens (including phenoxy) is 1. The summed E-state index contributed by atoms with van der Waals surface area (Å²) in [7, 11) is 1.75. The van der Waals surface area contributed by atoms with Crippen molar-refractivity contribution in [2.45, 2.75) is 51.5 Å². The van der Waals surface area contributed by atoms with Crippen LogP contribution in [0.1, 0.15) is 56.2 Å². The molecule has 0 aliphatic heterocycles. The van der Waals surface area contributed by atoms with Gasteiger partial charge >= 0.3 is 0 Å². The second kappa shape index (κ2) is 5.16. The van der Waals surface area contributed by atoms with Gasteiger partial charge in [0, 0.05) is 12.6 Å². The Morgan fingerprint density at radius 1 is 1.32 bits per heavy atom. The summed E-state index contributed by atoms with van der Waals surface area (Å²) in [6, 6.07) is 7.12. The smallest absolute Gasteiger partial charge is 0.119 e. The SMILES string of the molecule is COc1ccc2c(c1)CCCC2NCC1(C)CCC1. The van der Waals surface area contributed by atoms with E-state index in [2.05, 4.69) is 30.4 Å². The van der Waals surface area contributed by atoms with Gasteiger partial charge in [-0.15, -0.1) is 0 Å². The van der Waals surface area contributed by atoms with Crippen LogP contribution in [0.25, 0.3) is 0 Å². The molecule has 2 aliphatic rings. The number of hydrogen-bond acceptors (Lipinski definition) is 2. The van der Waals surface area contributed by atoms with Crippen LogP contribution in [-0.4, -0.2) is 13.7 Å². The summed E-state index contributed by atoms with van der Waals surface area (Å²) in [4.78, 5) is 0. The Bertz CT molecular complexity index is 451. The topological polar surface area (TPSA) is 21.3 Å². The van der Waals surface area contributed by atoms with Gasteiger partial charge in [0.05, 0.1) is 7.11 Å². The third kappa shape index (κ3) is 2.64. The highest BCUT2D eigenvalue weighted by Crippen LogP contribution is 2.40. The van der Waals surface area contributed by atoms with Crippen LogP contribution in [0.5, 0.6) is 5.75 Å². The van der Waals surface area contributed by atoms with Crippen LogP contribution in [0.2, 0.25) is 0 Å². The number of fused-ring (bicyclic) bond motifs is 1. The molecule has 0 amide bonds. The molecule has 0 spiro atoms. The van der Waals surface area contributed by atoms with Crippen molar-refractivity contribution in [3.05, 3.63) is 29.3 Å². The minimum atomic E-state index is 0.548. The molecule has 0 bridgehead atoms. The Hall–Kier alpha value is -1.02. The highest BCUT2D eigenvalue weighted by Gasteiger charge is 2.32. The zero-order valence-electron chi connectivity index (χ0n) is 12.2. The lowest BCUT2D eigenvalue weighted by Crippen LogP contribution is -2.39. The molecule has 1 fully saturated rings. The van der Waals surface area contributed by atoms with Crippen LogP contribution < -0.4 is 10.1 Å². The molecule has 19 heavy (non-hydrogen) atoms. The molecule has 0 saturated heterocycles. The third-order valence-electron chi connectivity index (χ3n) is 5.00. The van der Waals surface area contributed by atoms with Crippen LogP contribution in [0, 0.1) is 5.41 Å². The first-order valence-electron chi connectivity index (χ1n) is 7.60. The van der Waals surface area contributed by atoms with Gasteiger partial charge in [-0.1, -0.05) is 19.4 Å². The average Bonchev–Trinajstić information content (AvgIpc) is 2.42. The van der Waals surface area contributed by atoms with Gasteiger partial charge in [-0.3, -0.25) is 0 Å². The summed E-state index contributed by atoms with van der Waals surface area (Å²) in [5.74, 6) is 0.991. The first-order valence-corrected chi connectivity index (χ1v) is 7.60. The van der Waals surface area contributed by atoms with Gasteiger partial charge in [-0.2, -0.15) is 0 Å². The van der Waals surface area contributed by atoms with Gasteiger partial charge in [-0.25, -0.2) is 0 Å². The number of nitrogens with one attached hydrogen (secondary N) is 1. The van der Waals surface area contributed by atoms with Crippen molar-refractivity contribution in [1.82, 2.24) is 5.32 Å². The van der Waals surface area contributed by atoms with E-state index in [1.54, 1.807) is 7.11 Å². The molecule has 0 radical (unpaired) electrons. The average molecular weight is 259 g/mol. The summed E-state index contributed by atoms with van der Waals surface area (Å²) in [5, 5.41) is 3.82. The molecule has 1 aromatic carbocycles. The number of aryl methyl sites for hydroxylation is 1. The predicted octanol–water partition coefficient (Wildman–Crippen LogP) is 3.85. The lowest BCUT2D eigenvalue weighted by atomic mass is 9.70. The second-order valence-corrected chi connectivity index (χ2v) is 6.55. The summed E-state index contributed by atoms with van der Waals surface area (Å²) in [6.45, 7) is 3.59. The van der Waals surface area contributed by atoms with Gasteiger partial charge < -0.3 is 10.1 Å². The Morgan fingerprint density at radius 3 is 2.84 bits per heavy atom. The van der Waals surface area contributed by atoms with Crippen LogP contribution in [0.15, 0.2) is 18.2 Å². The fraction of sp³-hybridized carbons (Fsp3) is 0.647. The van der Waals surface area contributed by atoms with Crippen molar-refractivity contribution >= 4 is 0 Å². The fourth-order valence-electron chi connectivity index (χ4n) is 3.46. The van der Waals surface area contributed by atoms with E-state index >= 15 is 0 Å². The zero-order valence-corrected chi connectivity index (χ0v) is 12.2. The summed E-state index contributed by atoms with van der Waals surface area (Å²) in [5.41, 5.74) is 3.53. The van der Waals surface area contributed by atoms with Gasteiger partial charge in [0.15, 0.2) is 0 Å². The van der Waals surface area contributed by atoms with Crippen molar-refractivity contribution < 1.29 is 4.74 Å². The van der Waals surface area contributed by atoms with E-state index in [1.165, 1.54) is 56.2 Å². The van der Waals surface area contributed by atoms with E-state index in [4.69, 9.17) is 4.74 Å². The Kier molecular flexibility index (Phi) is 3.53. The summed E-state index contributed by atoms with van der Waals surface area (Å²) in [6.07, 6.45) is 7.95. The lowest BCUT2D eigenvalue weighted by molar-refractivity contribution is 0.149. The van der Waals surface area contributed by atoms with Gasteiger partial charge in [0.25, 0.3) is 0 Å². The second-order valence-electron chi connectivity index (χ2n) is 6.55. The quantitative estimate of drug-likeness (QED) is 0.886. The zero-order chi connectivity index (χ0) is 13.3. The molecule has 104 valence electrons. The van der Waals surface area contributed by atoms with Gasteiger partial charge in [-0.05, 0) is 60.8 Å². The molecule has 2 nitrogen and oxygen atoms in total. The molecule has 1 saturated carbocycles. The van der Waals surface area contributed by atoms with E-state index in [0.717, 1.165) is 5.75 Å². The van der Waals surface area contributed by atoms with Crippen molar-refractivity contribution in [2.24, 2.45) is 5.41 Å². The Balaban J connectivity index is 1.71. The molecule has 1 atom stereocenters. The number of rotatable bonds is 4. The van der Waals surface area contributed by atoms with Crippen molar-refractivity contribution in [3.63, 3.8) is 0 Å². The highest BCUT2D eigenvalue weighted by atomic mass is 16.5. The molecule has 1 aromatic rings. The van der Waals surface area contributed by atoms with Gasteiger partial charge in [0.1, 0.15) is 5.75 Å². The molecular weight excluding hydrogens is 234 g/mol. The molecule has 3 rings (SSSR count). The van der Waals surface area contributed by atoms with Gasteiger partial charge in [0.2, 0.25) is 0 Å². The maximum Gasteiger partial charge on any atom is 0.119 e. The largest absolute Gasteiger partial charge is 0.497 e. The first kappa shape index (κ1) is 13.0. The number of methoxy groups -OCH3 is 1. The third-order valence-corrected chi connectivity index (χ3v) is 5.00. The predicted molar refractivity (Wildman–Crippen MR) is 78.6 cm³/mol. The van der Waals surface area contributed by atoms with Crippen molar-refractivity contribution in [3.8, 4) is 5.75 Å². The Morgan fingerprint density at radius 2 is 2.16 bits per heavy atom. The molecule has 2 heteroatoms. The number of benzene rings is 1. The summed E-state index contributed by atoms with van der Waals surface area (Å²) < 4.78 is 5.34. The Labute approximate surface area is 116 Å². The molecule has 1 unspecified atom stereocenters. The van der Waals surface area contributed by atoms with E-state index in [0.29, 0.717) is 11.5 Å².